The average molecular weight is 331 g/mol. The second-order valence-corrected chi connectivity index (χ2v) is 7.37. The van der Waals surface area contributed by atoms with Crippen LogP contribution in [-0.2, 0) is 6.42 Å². The van der Waals surface area contributed by atoms with Gasteiger partial charge in [-0.1, -0.05) is 31.2 Å². The van der Waals surface area contributed by atoms with Crippen LogP contribution in [0.4, 0.5) is 4.79 Å². The van der Waals surface area contributed by atoms with E-state index in [2.05, 4.69) is 29.4 Å². The van der Waals surface area contributed by atoms with Gasteiger partial charge in [-0.15, -0.1) is 0 Å². The summed E-state index contributed by atoms with van der Waals surface area (Å²) in [5, 5.41) is 16.1. The van der Waals surface area contributed by atoms with E-state index in [0.717, 1.165) is 30.1 Å². The van der Waals surface area contributed by atoms with E-state index < -0.39 is 6.10 Å². The summed E-state index contributed by atoms with van der Waals surface area (Å²) in [7, 11) is 0. The number of amides is 2. The normalized spacial score (nSPS) is 26.0. The fraction of sp³-hybridized carbons (Fsp3) is 0.632. The topological polar surface area (TPSA) is 64.6 Å². The highest BCUT2D eigenvalue weighted by molar-refractivity contribution is 5.74. The SMILES string of the molecule is CC1CCN(C(C)CNC(=O)N[C@@H]2c3ccccc3C[C@@H]2O)CC1. The first-order chi connectivity index (χ1) is 11.5. The van der Waals surface area contributed by atoms with E-state index in [1.165, 1.54) is 12.8 Å². The Morgan fingerprint density at radius 1 is 1.33 bits per heavy atom. The molecule has 5 nitrogen and oxygen atoms in total. The van der Waals surface area contributed by atoms with Crippen molar-refractivity contribution in [3.05, 3.63) is 35.4 Å². The summed E-state index contributed by atoms with van der Waals surface area (Å²) < 4.78 is 0. The van der Waals surface area contributed by atoms with Gasteiger partial charge >= 0.3 is 6.03 Å². The summed E-state index contributed by atoms with van der Waals surface area (Å²) in [4.78, 5) is 14.7. The molecule has 3 N–H and O–H groups in total. The van der Waals surface area contributed by atoms with Gasteiger partial charge in [0.1, 0.15) is 0 Å². The van der Waals surface area contributed by atoms with Crippen LogP contribution >= 0.6 is 0 Å². The van der Waals surface area contributed by atoms with Gasteiger partial charge in [0.15, 0.2) is 0 Å². The highest BCUT2D eigenvalue weighted by Crippen LogP contribution is 2.31. The minimum absolute atomic E-state index is 0.201. The Bertz CT molecular complexity index is 569. The van der Waals surface area contributed by atoms with Crippen molar-refractivity contribution in [3.63, 3.8) is 0 Å². The van der Waals surface area contributed by atoms with Gasteiger partial charge in [0, 0.05) is 19.0 Å². The zero-order valence-corrected chi connectivity index (χ0v) is 14.7. The van der Waals surface area contributed by atoms with Gasteiger partial charge in [-0.3, -0.25) is 4.90 Å². The van der Waals surface area contributed by atoms with E-state index in [0.29, 0.717) is 19.0 Å². The zero-order valence-electron chi connectivity index (χ0n) is 14.7. The maximum Gasteiger partial charge on any atom is 0.315 e. The standard InChI is InChI=1S/C19H29N3O2/c1-13-7-9-22(10-8-13)14(2)12-20-19(24)21-18-16-6-4-3-5-15(16)11-17(18)23/h3-6,13-14,17-18,23H,7-12H2,1-2H3,(H2,20,21,24)/t14?,17-,18+/m0/s1. The maximum absolute atomic E-state index is 12.2. The fourth-order valence-electron chi connectivity index (χ4n) is 3.78. The molecule has 2 aliphatic rings. The van der Waals surface area contributed by atoms with Crippen LogP contribution in [-0.4, -0.2) is 47.8 Å². The minimum atomic E-state index is -0.547. The Morgan fingerprint density at radius 3 is 2.79 bits per heavy atom. The first-order valence-corrected chi connectivity index (χ1v) is 9.09. The number of likely N-dealkylation sites (tertiary alicyclic amines) is 1. The predicted octanol–water partition coefficient (Wildman–Crippen LogP) is 2.06. The van der Waals surface area contributed by atoms with Crippen LogP contribution in [0.1, 0.15) is 43.9 Å². The molecule has 1 aliphatic carbocycles. The Kier molecular flexibility index (Phi) is 5.41. The Balaban J connectivity index is 1.48. The largest absolute Gasteiger partial charge is 0.390 e. The second-order valence-electron chi connectivity index (χ2n) is 7.37. The molecule has 3 rings (SSSR count). The van der Waals surface area contributed by atoms with Gasteiger partial charge in [-0.25, -0.2) is 4.79 Å². The summed E-state index contributed by atoms with van der Waals surface area (Å²) in [6.07, 6.45) is 2.53. The molecular formula is C19H29N3O2. The summed E-state index contributed by atoms with van der Waals surface area (Å²) in [6.45, 7) is 7.32. The third-order valence-corrected chi connectivity index (χ3v) is 5.49. The molecule has 1 heterocycles. The van der Waals surface area contributed by atoms with Crippen LogP contribution in [0.15, 0.2) is 24.3 Å². The summed E-state index contributed by atoms with van der Waals surface area (Å²) in [5.74, 6) is 0.814. The number of nitrogens with zero attached hydrogens (tertiary/aromatic N) is 1. The molecule has 0 aromatic heterocycles. The monoisotopic (exact) mass is 331 g/mol. The molecule has 1 unspecified atom stereocenters. The van der Waals surface area contributed by atoms with Crippen molar-refractivity contribution < 1.29 is 9.90 Å². The molecule has 1 aromatic rings. The second kappa shape index (κ2) is 7.53. The Labute approximate surface area is 144 Å². The number of carbonyl (C=O) groups excluding carboxylic acids is 1. The molecule has 24 heavy (non-hydrogen) atoms. The summed E-state index contributed by atoms with van der Waals surface area (Å²) in [6, 6.07) is 7.73. The van der Waals surface area contributed by atoms with Gasteiger partial charge in [-0.2, -0.15) is 0 Å². The lowest BCUT2D eigenvalue weighted by Crippen LogP contribution is -2.48. The van der Waals surface area contributed by atoms with Gasteiger partial charge in [0.2, 0.25) is 0 Å². The number of hydrogen-bond acceptors (Lipinski definition) is 3. The molecule has 5 heteroatoms. The van der Waals surface area contributed by atoms with Crippen molar-refractivity contribution in [3.8, 4) is 0 Å². The molecule has 3 atom stereocenters. The first-order valence-electron chi connectivity index (χ1n) is 9.09. The highest BCUT2D eigenvalue weighted by Gasteiger charge is 2.32. The number of rotatable bonds is 4. The van der Waals surface area contributed by atoms with Crippen molar-refractivity contribution in [1.82, 2.24) is 15.5 Å². The number of aliphatic hydroxyl groups excluding tert-OH is 1. The predicted molar refractivity (Wildman–Crippen MR) is 94.9 cm³/mol. The van der Waals surface area contributed by atoms with Gasteiger partial charge < -0.3 is 15.7 Å². The van der Waals surface area contributed by atoms with E-state index in [1.807, 2.05) is 24.3 Å². The van der Waals surface area contributed by atoms with E-state index in [1.54, 1.807) is 0 Å². The maximum atomic E-state index is 12.2. The lowest BCUT2D eigenvalue weighted by atomic mass is 9.98. The molecule has 0 bridgehead atoms. The molecule has 1 saturated heterocycles. The molecule has 2 amide bonds. The number of nitrogens with one attached hydrogen (secondary N) is 2. The molecule has 1 aromatic carbocycles. The van der Waals surface area contributed by atoms with Crippen LogP contribution in [0.3, 0.4) is 0 Å². The van der Waals surface area contributed by atoms with Crippen LogP contribution in [0, 0.1) is 5.92 Å². The molecule has 132 valence electrons. The van der Waals surface area contributed by atoms with Crippen molar-refractivity contribution in [1.29, 1.82) is 0 Å². The lowest BCUT2D eigenvalue weighted by Gasteiger charge is -2.35. The molecule has 0 radical (unpaired) electrons. The van der Waals surface area contributed by atoms with Gasteiger partial charge in [0.25, 0.3) is 0 Å². The van der Waals surface area contributed by atoms with Gasteiger partial charge in [0.05, 0.1) is 12.1 Å². The number of piperidine rings is 1. The number of hydrogen-bond donors (Lipinski definition) is 3. The van der Waals surface area contributed by atoms with Crippen LogP contribution in [0.25, 0.3) is 0 Å². The van der Waals surface area contributed by atoms with Gasteiger partial charge in [-0.05, 0) is 49.9 Å². The van der Waals surface area contributed by atoms with Crippen molar-refractivity contribution in [2.24, 2.45) is 5.92 Å². The molecule has 1 fully saturated rings. The minimum Gasteiger partial charge on any atom is -0.390 e. The lowest BCUT2D eigenvalue weighted by molar-refractivity contribution is 0.136. The number of urea groups is 1. The molecule has 1 aliphatic heterocycles. The van der Waals surface area contributed by atoms with Crippen LogP contribution in [0.2, 0.25) is 0 Å². The van der Waals surface area contributed by atoms with Crippen molar-refractivity contribution in [2.45, 2.75) is 51.3 Å². The zero-order chi connectivity index (χ0) is 17.1. The van der Waals surface area contributed by atoms with Crippen LogP contribution < -0.4 is 10.6 Å². The third kappa shape index (κ3) is 3.90. The Hall–Kier alpha value is -1.59. The summed E-state index contributed by atoms with van der Waals surface area (Å²) >= 11 is 0. The number of aliphatic hydroxyl groups is 1. The van der Waals surface area contributed by atoms with E-state index >= 15 is 0 Å². The average Bonchev–Trinajstić information content (AvgIpc) is 2.89. The van der Waals surface area contributed by atoms with E-state index in [9.17, 15) is 9.90 Å². The number of benzene rings is 1. The quantitative estimate of drug-likeness (QED) is 0.791. The molecular weight excluding hydrogens is 302 g/mol. The van der Waals surface area contributed by atoms with Crippen molar-refractivity contribution in [2.75, 3.05) is 19.6 Å². The number of carbonyl (C=O) groups is 1. The van der Waals surface area contributed by atoms with E-state index in [4.69, 9.17) is 0 Å². The highest BCUT2D eigenvalue weighted by atomic mass is 16.3. The van der Waals surface area contributed by atoms with E-state index in [-0.39, 0.29) is 12.1 Å². The molecule has 0 saturated carbocycles. The fourth-order valence-corrected chi connectivity index (χ4v) is 3.78. The summed E-state index contributed by atoms with van der Waals surface area (Å²) in [5.41, 5.74) is 2.14. The number of fused-ring (bicyclic) bond motifs is 1. The molecule has 0 spiro atoms. The first kappa shape index (κ1) is 17.2. The van der Waals surface area contributed by atoms with Crippen molar-refractivity contribution >= 4 is 6.03 Å². The third-order valence-electron chi connectivity index (χ3n) is 5.49. The smallest absolute Gasteiger partial charge is 0.315 e. The van der Waals surface area contributed by atoms with Crippen LogP contribution in [0.5, 0.6) is 0 Å². The Morgan fingerprint density at radius 2 is 2.04 bits per heavy atom.